The highest BCUT2D eigenvalue weighted by atomic mass is 79.9. The van der Waals surface area contributed by atoms with Gasteiger partial charge in [-0.1, -0.05) is 15.9 Å². The first-order valence-electron chi connectivity index (χ1n) is 5.86. The Morgan fingerprint density at radius 2 is 2.20 bits per heavy atom. The van der Waals surface area contributed by atoms with Crippen molar-refractivity contribution in [2.45, 2.75) is 13.0 Å². The molecule has 0 fully saturated rings. The van der Waals surface area contributed by atoms with Crippen LogP contribution in [0.4, 0.5) is 5.69 Å². The molecule has 1 aromatic carbocycles. The molecule has 7 heteroatoms. The zero-order valence-electron chi connectivity index (χ0n) is 10.4. The average Bonchev–Trinajstić information content (AvgIpc) is 2.89. The second kappa shape index (κ2) is 6.33. The third-order valence-electron chi connectivity index (χ3n) is 2.61. The second-order valence-electron chi connectivity index (χ2n) is 4.06. The van der Waals surface area contributed by atoms with Crippen LogP contribution in [-0.4, -0.2) is 26.8 Å². The Bertz CT molecular complexity index is 626. The maximum Gasteiger partial charge on any atom is 0.337 e. The molecule has 0 saturated heterocycles. The summed E-state index contributed by atoms with van der Waals surface area (Å²) < 4.78 is 2.34. The summed E-state index contributed by atoms with van der Waals surface area (Å²) >= 11 is 3.25. The predicted octanol–water partition coefficient (Wildman–Crippen LogP) is 2.37. The molecule has 0 radical (unpaired) electrons. The van der Waals surface area contributed by atoms with Gasteiger partial charge in [-0.25, -0.2) is 4.79 Å². The molecule has 0 unspecified atom stereocenters. The lowest BCUT2D eigenvalue weighted by atomic mass is 10.2. The molecule has 6 nitrogen and oxygen atoms in total. The van der Waals surface area contributed by atoms with Crippen molar-refractivity contribution in [2.75, 3.05) is 5.32 Å². The van der Waals surface area contributed by atoms with Crippen molar-refractivity contribution in [2.24, 2.45) is 0 Å². The molecule has 2 aromatic rings. The molecule has 2 rings (SSSR count). The van der Waals surface area contributed by atoms with Crippen LogP contribution >= 0.6 is 15.9 Å². The van der Waals surface area contributed by atoms with E-state index in [1.807, 2.05) is 0 Å². The van der Waals surface area contributed by atoms with E-state index in [0.29, 0.717) is 11.0 Å². The smallest absolute Gasteiger partial charge is 0.337 e. The summed E-state index contributed by atoms with van der Waals surface area (Å²) in [5.74, 6) is -1.35. The second-order valence-corrected chi connectivity index (χ2v) is 4.98. The zero-order valence-corrected chi connectivity index (χ0v) is 12.0. The number of aromatic carboxylic acids is 1. The quantitative estimate of drug-likeness (QED) is 0.877. The van der Waals surface area contributed by atoms with E-state index >= 15 is 0 Å². The summed E-state index contributed by atoms with van der Waals surface area (Å²) in [6.07, 6.45) is 3.61. The molecule has 104 valence electrons. The van der Waals surface area contributed by atoms with Crippen molar-refractivity contribution in [3.8, 4) is 0 Å². The minimum Gasteiger partial charge on any atom is -0.478 e. The lowest BCUT2D eigenvalue weighted by molar-refractivity contribution is -0.116. The number of carboxylic acid groups (broad SMARTS) is 1. The molecule has 1 aromatic heterocycles. The number of aromatic nitrogens is 2. The summed E-state index contributed by atoms with van der Waals surface area (Å²) in [7, 11) is 0. The molecule has 1 amide bonds. The van der Waals surface area contributed by atoms with Crippen LogP contribution in [0.3, 0.4) is 0 Å². The van der Waals surface area contributed by atoms with Crippen LogP contribution in [-0.2, 0) is 11.3 Å². The number of hydrogen-bond donors (Lipinski definition) is 2. The van der Waals surface area contributed by atoms with E-state index in [4.69, 9.17) is 5.11 Å². The van der Waals surface area contributed by atoms with Gasteiger partial charge in [-0.3, -0.25) is 9.48 Å². The minimum absolute atomic E-state index is 0.0561. The minimum atomic E-state index is -1.08. The van der Waals surface area contributed by atoms with Crippen LogP contribution in [0.25, 0.3) is 0 Å². The average molecular weight is 338 g/mol. The number of carbonyl (C=O) groups is 2. The van der Waals surface area contributed by atoms with E-state index in [9.17, 15) is 9.59 Å². The number of amides is 1. The van der Waals surface area contributed by atoms with E-state index in [1.54, 1.807) is 35.3 Å². The first-order chi connectivity index (χ1) is 9.56. The monoisotopic (exact) mass is 337 g/mol. The summed E-state index contributed by atoms with van der Waals surface area (Å²) in [5.41, 5.74) is 0.331. The lowest BCUT2D eigenvalue weighted by Gasteiger charge is -2.09. The zero-order chi connectivity index (χ0) is 14.5. The normalized spacial score (nSPS) is 10.2. The van der Waals surface area contributed by atoms with Gasteiger partial charge in [-0.15, -0.1) is 0 Å². The largest absolute Gasteiger partial charge is 0.478 e. The number of carbonyl (C=O) groups excluding carboxylic acids is 1. The van der Waals surface area contributed by atoms with Gasteiger partial charge in [0.05, 0.1) is 11.3 Å². The molecular formula is C13H12BrN3O3. The maximum absolute atomic E-state index is 11.8. The van der Waals surface area contributed by atoms with Crippen molar-refractivity contribution in [1.29, 1.82) is 0 Å². The van der Waals surface area contributed by atoms with Gasteiger partial charge in [-0.2, -0.15) is 5.10 Å². The summed E-state index contributed by atoms with van der Waals surface area (Å²) in [5, 5.41) is 15.7. The first kappa shape index (κ1) is 14.3. The van der Waals surface area contributed by atoms with Crippen molar-refractivity contribution in [1.82, 2.24) is 9.78 Å². The van der Waals surface area contributed by atoms with Crippen LogP contribution in [0, 0.1) is 0 Å². The highest BCUT2D eigenvalue weighted by Gasteiger charge is 2.12. The summed E-state index contributed by atoms with van der Waals surface area (Å²) in [4.78, 5) is 22.9. The Labute approximate surface area is 123 Å². The molecule has 0 aliphatic heterocycles. The highest BCUT2D eigenvalue weighted by Crippen LogP contribution is 2.21. The van der Waals surface area contributed by atoms with Crippen LogP contribution < -0.4 is 5.32 Å². The number of rotatable bonds is 5. The van der Waals surface area contributed by atoms with Crippen molar-refractivity contribution in [3.05, 3.63) is 46.7 Å². The van der Waals surface area contributed by atoms with E-state index in [0.717, 1.165) is 0 Å². The Kier molecular flexibility index (Phi) is 4.52. The first-order valence-corrected chi connectivity index (χ1v) is 6.65. The fourth-order valence-corrected chi connectivity index (χ4v) is 2.03. The number of halogens is 1. The van der Waals surface area contributed by atoms with Crippen LogP contribution in [0.2, 0.25) is 0 Å². The summed E-state index contributed by atoms with van der Waals surface area (Å²) in [6, 6.07) is 6.39. The van der Waals surface area contributed by atoms with Crippen LogP contribution in [0.1, 0.15) is 16.8 Å². The number of nitrogens with one attached hydrogen (secondary N) is 1. The Balaban J connectivity index is 2.03. The Morgan fingerprint density at radius 3 is 2.85 bits per heavy atom. The van der Waals surface area contributed by atoms with Gasteiger partial charge in [-0.05, 0) is 24.3 Å². The topological polar surface area (TPSA) is 84.2 Å². The number of aryl methyl sites for hydroxylation is 1. The van der Waals surface area contributed by atoms with Gasteiger partial charge < -0.3 is 10.4 Å². The van der Waals surface area contributed by atoms with Crippen molar-refractivity contribution >= 4 is 33.5 Å². The molecule has 20 heavy (non-hydrogen) atoms. The SMILES string of the molecule is O=C(CCn1cccn1)Nc1cc(Br)ccc1C(=O)O. The number of carboxylic acids is 1. The number of benzene rings is 1. The van der Waals surface area contributed by atoms with Crippen LogP contribution in [0.15, 0.2) is 41.1 Å². The van der Waals surface area contributed by atoms with Gasteiger partial charge in [0.1, 0.15) is 0 Å². The fraction of sp³-hybridized carbons (Fsp3) is 0.154. The third kappa shape index (κ3) is 3.67. The molecule has 0 aliphatic rings. The Hall–Kier alpha value is -2.15. The highest BCUT2D eigenvalue weighted by molar-refractivity contribution is 9.10. The molecule has 0 aliphatic carbocycles. The number of nitrogens with zero attached hydrogens (tertiary/aromatic N) is 2. The molecule has 0 atom stereocenters. The van der Waals surface area contributed by atoms with Gasteiger partial charge in [0.15, 0.2) is 0 Å². The lowest BCUT2D eigenvalue weighted by Crippen LogP contribution is -2.16. The molecule has 0 spiro atoms. The van der Waals surface area contributed by atoms with E-state index < -0.39 is 5.97 Å². The third-order valence-corrected chi connectivity index (χ3v) is 3.11. The van der Waals surface area contributed by atoms with Gasteiger partial charge in [0.2, 0.25) is 5.91 Å². The van der Waals surface area contributed by atoms with Gasteiger partial charge in [0.25, 0.3) is 0 Å². The predicted molar refractivity (Wildman–Crippen MR) is 76.6 cm³/mol. The molecule has 0 bridgehead atoms. The summed E-state index contributed by atoms with van der Waals surface area (Å²) in [6.45, 7) is 0.440. The molecule has 0 saturated carbocycles. The number of anilines is 1. The van der Waals surface area contributed by atoms with Gasteiger partial charge >= 0.3 is 5.97 Å². The molecule has 2 N–H and O–H groups in total. The van der Waals surface area contributed by atoms with Crippen molar-refractivity contribution in [3.63, 3.8) is 0 Å². The number of hydrogen-bond acceptors (Lipinski definition) is 3. The standard InChI is InChI=1S/C13H12BrN3O3/c14-9-2-3-10(13(19)20)11(8-9)16-12(18)4-7-17-6-1-5-15-17/h1-3,5-6,8H,4,7H2,(H,16,18)(H,19,20). The fourth-order valence-electron chi connectivity index (χ4n) is 1.67. The van der Waals surface area contributed by atoms with Crippen LogP contribution in [0.5, 0.6) is 0 Å². The van der Waals surface area contributed by atoms with Gasteiger partial charge in [0, 0.05) is 29.8 Å². The Morgan fingerprint density at radius 1 is 1.40 bits per heavy atom. The van der Waals surface area contributed by atoms with E-state index in [-0.39, 0.29) is 23.6 Å². The molecular weight excluding hydrogens is 326 g/mol. The maximum atomic E-state index is 11.8. The van der Waals surface area contributed by atoms with E-state index in [1.165, 1.54) is 6.07 Å². The van der Waals surface area contributed by atoms with E-state index in [2.05, 4.69) is 26.3 Å². The van der Waals surface area contributed by atoms with Crippen molar-refractivity contribution < 1.29 is 14.7 Å². The molecule has 1 heterocycles.